The number of hydrogen-bond acceptors (Lipinski definition) is 4. The summed E-state index contributed by atoms with van der Waals surface area (Å²) in [5, 5.41) is 12.3. The first kappa shape index (κ1) is 18.0. The number of nitrogens with one attached hydrogen (secondary N) is 1. The molecule has 5 heteroatoms. The van der Waals surface area contributed by atoms with E-state index in [9.17, 15) is 8.42 Å². The Hall–Kier alpha value is -1.07. The first-order valence-corrected chi connectivity index (χ1v) is 9.36. The van der Waals surface area contributed by atoms with Crippen molar-refractivity contribution < 1.29 is 13.5 Å². The van der Waals surface area contributed by atoms with E-state index < -0.39 is 9.84 Å². The van der Waals surface area contributed by atoms with Crippen molar-refractivity contribution in [2.24, 2.45) is 5.92 Å². The van der Waals surface area contributed by atoms with E-state index in [2.05, 4.69) is 12.2 Å². The Kier molecular flexibility index (Phi) is 7.75. The van der Waals surface area contributed by atoms with Crippen molar-refractivity contribution in [3.63, 3.8) is 0 Å². The second kappa shape index (κ2) is 9.05. The molecule has 1 unspecified atom stereocenters. The van der Waals surface area contributed by atoms with E-state index in [1.54, 1.807) is 12.1 Å². The van der Waals surface area contributed by atoms with Crippen LogP contribution in [-0.4, -0.2) is 32.4 Å². The minimum absolute atomic E-state index is 0.167. The summed E-state index contributed by atoms with van der Waals surface area (Å²) in [6.45, 7) is 4.84. The standard InChI is InChI=1S/C16H27NO3S/c1-3-7-14(10-11-18)13-17-15-8-5-6-9-16(15)21(19,20)12-4-2/h5-6,8-9,14,17-18H,3-4,7,10-13H2,1-2H3. The Morgan fingerprint density at radius 3 is 2.48 bits per heavy atom. The number of sulfone groups is 1. The van der Waals surface area contributed by atoms with Crippen molar-refractivity contribution in [3.05, 3.63) is 24.3 Å². The fourth-order valence-corrected chi connectivity index (χ4v) is 3.97. The molecule has 0 heterocycles. The number of para-hydroxylation sites is 1. The smallest absolute Gasteiger partial charge is 0.180 e. The molecular weight excluding hydrogens is 286 g/mol. The molecule has 2 N–H and O–H groups in total. The highest BCUT2D eigenvalue weighted by Crippen LogP contribution is 2.23. The zero-order valence-electron chi connectivity index (χ0n) is 13.0. The monoisotopic (exact) mass is 313 g/mol. The van der Waals surface area contributed by atoms with E-state index >= 15 is 0 Å². The fourth-order valence-electron chi connectivity index (χ4n) is 2.46. The van der Waals surface area contributed by atoms with Gasteiger partial charge in [-0.05, 0) is 37.3 Å². The Morgan fingerprint density at radius 2 is 1.86 bits per heavy atom. The lowest BCUT2D eigenvalue weighted by Crippen LogP contribution is -2.17. The van der Waals surface area contributed by atoms with Crippen molar-refractivity contribution in [1.29, 1.82) is 0 Å². The molecule has 1 aromatic rings. The first-order chi connectivity index (χ1) is 10.0. The third-order valence-electron chi connectivity index (χ3n) is 3.51. The fraction of sp³-hybridized carbons (Fsp3) is 0.625. The lowest BCUT2D eigenvalue weighted by atomic mass is 10.0. The Balaban J connectivity index is 2.84. The van der Waals surface area contributed by atoms with Crippen LogP contribution in [0, 0.1) is 5.92 Å². The van der Waals surface area contributed by atoms with E-state index in [1.165, 1.54) is 0 Å². The molecule has 0 saturated heterocycles. The van der Waals surface area contributed by atoms with E-state index in [1.807, 2.05) is 19.1 Å². The number of rotatable bonds is 10. The summed E-state index contributed by atoms with van der Waals surface area (Å²) in [4.78, 5) is 0.381. The molecule has 0 aromatic heterocycles. The zero-order valence-corrected chi connectivity index (χ0v) is 13.8. The largest absolute Gasteiger partial charge is 0.396 e. The second-order valence-electron chi connectivity index (χ2n) is 5.36. The van der Waals surface area contributed by atoms with Gasteiger partial charge in [-0.3, -0.25) is 0 Å². The lowest BCUT2D eigenvalue weighted by molar-refractivity contribution is 0.255. The zero-order chi connectivity index (χ0) is 15.7. The summed E-state index contributed by atoms with van der Waals surface area (Å²) in [6, 6.07) is 7.07. The average Bonchev–Trinajstić information content (AvgIpc) is 2.45. The Bertz CT molecular complexity index is 508. The highest BCUT2D eigenvalue weighted by Gasteiger charge is 2.17. The maximum atomic E-state index is 12.3. The van der Waals surface area contributed by atoms with E-state index in [0.717, 1.165) is 19.3 Å². The van der Waals surface area contributed by atoms with Gasteiger partial charge in [0.2, 0.25) is 0 Å². The molecule has 0 spiro atoms. The summed E-state index contributed by atoms with van der Waals surface area (Å²) in [7, 11) is -3.23. The van der Waals surface area contributed by atoms with Crippen molar-refractivity contribution in [2.45, 2.75) is 44.4 Å². The van der Waals surface area contributed by atoms with Crippen LogP contribution in [0.25, 0.3) is 0 Å². The summed E-state index contributed by atoms with van der Waals surface area (Å²) < 4.78 is 24.5. The van der Waals surface area contributed by atoms with Gasteiger partial charge in [0.25, 0.3) is 0 Å². The number of hydrogen-bond donors (Lipinski definition) is 2. The topological polar surface area (TPSA) is 66.4 Å². The van der Waals surface area contributed by atoms with Crippen LogP contribution in [-0.2, 0) is 9.84 Å². The van der Waals surface area contributed by atoms with Gasteiger partial charge in [0.05, 0.1) is 16.3 Å². The van der Waals surface area contributed by atoms with Crippen LogP contribution < -0.4 is 5.32 Å². The predicted molar refractivity (Wildman–Crippen MR) is 87.4 cm³/mol. The van der Waals surface area contributed by atoms with Gasteiger partial charge >= 0.3 is 0 Å². The summed E-state index contributed by atoms with van der Waals surface area (Å²) >= 11 is 0. The molecule has 1 rings (SSSR count). The van der Waals surface area contributed by atoms with Crippen LogP contribution in [0.15, 0.2) is 29.2 Å². The first-order valence-electron chi connectivity index (χ1n) is 7.71. The van der Waals surface area contributed by atoms with Crippen molar-refractivity contribution in [1.82, 2.24) is 0 Å². The van der Waals surface area contributed by atoms with Crippen LogP contribution in [0.3, 0.4) is 0 Å². The van der Waals surface area contributed by atoms with Crippen molar-refractivity contribution in [2.75, 3.05) is 24.2 Å². The van der Waals surface area contributed by atoms with Gasteiger partial charge in [-0.1, -0.05) is 32.4 Å². The lowest BCUT2D eigenvalue weighted by Gasteiger charge is -2.18. The molecule has 0 saturated carbocycles. The average molecular weight is 313 g/mol. The van der Waals surface area contributed by atoms with Crippen LogP contribution in [0.5, 0.6) is 0 Å². The van der Waals surface area contributed by atoms with Crippen LogP contribution in [0.4, 0.5) is 5.69 Å². The number of aliphatic hydroxyl groups is 1. The summed E-state index contributed by atoms with van der Waals surface area (Å²) in [6.07, 6.45) is 3.43. The van der Waals surface area contributed by atoms with E-state index in [4.69, 9.17) is 5.11 Å². The number of benzene rings is 1. The van der Waals surface area contributed by atoms with Crippen LogP contribution in [0.1, 0.15) is 39.5 Å². The van der Waals surface area contributed by atoms with Gasteiger partial charge in [0.1, 0.15) is 0 Å². The molecule has 0 amide bonds. The third-order valence-corrected chi connectivity index (χ3v) is 5.48. The van der Waals surface area contributed by atoms with Gasteiger partial charge in [-0.15, -0.1) is 0 Å². The molecule has 0 fully saturated rings. The SMILES string of the molecule is CCCC(CCO)CNc1ccccc1S(=O)(=O)CCC. The number of anilines is 1. The Labute approximate surface area is 128 Å². The van der Waals surface area contributed by atoms with Gasteiger partial charge < -0.3 is 10.4 Å². The highest BCUT2D eigenvalue weighted by atomic mass is 32.2. The molecule has 1 aromatic carbocycles. The van der Waals surface area contributed by atoms with Crippen LogP contribution in [0.2, 0.25) is 0 Å². The quantitative estimate of drug-likeness (QED) is 0.696. The molecule has 0 aliphatic heterocycles. The number of aliphatic hydroxyl groups excluding tert-OH is 1. The van der Waals surface area contributed by atoms with Gasteiger partial charge in [0, 0.05) is 13.2 Å². The molecule has 0 radical (unpaired) electrons. The summed E-state index contributed by atoms with van der Waals surface area (Å²) in [5.41, 5.74) is 0.671. The maximum absolute atomic E-state index is 12.3. The molecule has 1 atom stereocenters. The molecule has 0 bridgehead atoms. The van der Waals surface area contributed by atoms with E-state index in [0.29, 0.717) is 29.5 Å². The maximum Gasteiger partial charge on any atom is 0.180 e. The molecule has 0 aliphatic rings. The minimum Gasteiger partial charge on any atom is -0.396 e. The predicted octanol–water partition coefficient (Wildman–Crippen LogP) is 3.08. The molecule has 4 nitrogen and oxygen atoms in total. The van der Waals surface area contributed by atoms with Crippen molar-refractivity contribution in [3.8, 4) is 0 Å². The van der Waals surface area contributed by atoms with Gasteiger partial charge in [0.15, 0.2) is 9.84 Å². The molecular formula is C16H27NO3S. The minimum atomic E-state index is -3.23. The highest BCUT2D eigenvalue weighted by molar-refractivity contribution is 7.91. The van der Waals surface area contributed by atoms with Crippen LogP contribution >= 0.6 is 0 Å². The van der Waals surface area contributed by atoms with Gasteiger partial charge in [-0.2, -0.15) is 0 Å². The molecule has 0 aliphatic carbocycles. The summed E-state index contributed by atoms with van der Waals surface area (Å²) in [5.74, 6) is 0.530. The Morgan fingerprint density at radius 1 is 1.14 bits per heavy atom. The second-order valence-corrected chi connectivity index (χ2v) is 7.44. The molecule has 120 valence electrons. The van der Waals surface area contributed by atoms with Crippen molar-refractivity contribution >= 4 is 15.5 Å². The third kappa shape index (κ3) is 5.67. The van der Waals surface area contributed by atoms with E-state index in [-0.39, 0.29) is 12.4 Å². The van der Waals surface area contributed by atoms with Gasteiger partial charge in [-0.25, -0.2) is 8.42 Å². The normalized spacial score (nSPS) is 13.1. The molecule has 21 heavy (non-hydrogen) atoms.